The molecular formula is C20H38. The molecule has 0 N–H and O–H groups in total. The fourth-order valence-electron chi connectivity index (χ4n) is 2.68. The molecule has 0 nitrogen and oxygen atoms in total. The molecule has 0 aliphatic carbocycles. The van der Waals surface area contributed by atoms with Crippen LogP contribution < -0.4 is 0 Å². The van der Waals surface area contributed by atoms with Crippen LogP contribution in [0.4, 0.5) is 0 Å². The summed E-state index contributed by atoms with van der Waals surface area (Å²) in [7, 11) is 0. The molecule has 0 rings (SSSR count). The Balaban J connectivity index is 3.61. The molecule has 0 aliphatic rings. The van der Waals surface area contributed by atoms with Crippen LogP contribution in [0.1, 0.15) is 86.0 Å². The van der Waals surface area contributed by atoms with Crippen LogP contribution in [0.25, 0.3) is 0 Å². The first-order valence-corrected chi connectivity index (χ1v) is 8.72. The van der Waals surface area contributed by atoms with E-state index in [0.29, 0.717) is 0 Å². The van der Waals surface area contributed by atoms with Gasteiger partial charge in [-0.25, -0.2) is 0 Å². The predicted molar refractivity (Wildman–Crippen MR) is 94.1 cm³/mol. The zero-order valence-electron chi connectivity index (χ0n) is 14.8. The summed E-state index contributed by atoms with van der Waals surface area (Å²) in [5.74, 6) is 2.50. The van der Waals surface area contributed by atoms with Crippen LogP contribution >= 0.6 is 0 Å². The number of allylic oxidation sites excluding steroid dienone is 3. The van der Waals surface area contributed by atoms with Crippen molar-refractivity contribution < 1.29 is 0 Å². The zero-order chi connectivity index (χ0) is 15.4. The van der Waals surface area contributed by atoms with Crippen LogP contribution in [-0.2, 0) is 0 Å². The molecule has 0 amide bonds. The van der Waals surface area contributed by atoms with Gasteiger partial charge >= 0.3 is 0 Å². The van der Waals surface area contributed by atoms with Gasteiger partial charge in [-0.15, -0.1) is 6.58 Å². The number of hydrogen-bond acceptors (Lipinski definition) is 0. The van der Waals surface area contributed by atoms with Crippen molar-refractivity contribution >= 4 is 0 Å². The lowest BCUT2D eigenvalue weighted by molar-refractivity contribution is 0.320. The average molecular weight is 279 g/mol. The maximum atomic E-state index is 3.95. The largest absolute Gasteiger partial charge is 0.100 e. The summed E-state index contributed by atoms with van der Waals surface area (Å²) in [4.78, 5) is 0. The van der Waals surface area contributed by atoms with Gasteiger partial charge in [-0.3, -0.25) is 0 Å². The van der Waals surface area contributed by atoms with Crippen molar-refractivity contribution in [3.8, 4) is 0 Å². The van der Waals surface area contributed by atoms with Gasteiger partial charge in [0.05, 0.1) is 0 Å². The summed E-state index contributed by atoms with van der Waals surface area (Å²) in [5, 5.41) is 0. The molecule has 0 aromatic rings. The first kappa shape index (κ1) is 19.5. The van der Waals surface area contributed by atoms with Crippen LogP contribution in [-0.4, -0.2) is 0 Å². The van der Waals surface area contributed by atoms with Crippen LogP contribution in [0.2, 0.25) is 0 Å². The van der Waals surface area contributed by atoms with Crippen molar-refractivity contribution in [1.82, 2.24) is 0 Å². The Morgan fingerprint density at radius 1 is 0.950 bits per heavy atom. The Morgan fingerprint density at radius 2 is 1.60 bits per heavy atom. The third-order valence-corrected chi connectivity index (χ3v) is 4.05. The Bertz CT molecular complexity index is 257. The third kappa shape index (κ3) is 12.5. The second kappa shape index (κ2) is 12.2. The van der Waals surface area contributed by atoms with Crippen molar-refractivity contribution in [2.24, 2.45) is 17.8 Å². The van der Waals surface area contributed by atoms with E-state index in [9.17, 15) is 0 Å². The predicted octanol–water partition coefficient (Wildman–Crippen LogP) is 7.17. The second-order valence-corrected chi connectivity index (χ2v) is 7.25. The van der Waals surface area contributed by atoms with E-state index in [1.54, 1.807) is 0 Å². The highest BCUT2D eigenvalue weighted by atomic mass is 14.2. The molecule has 0 aromatic heterocycles. The Kier molecular flexibility index (Phi) is 11.9. The number of unbranched alkanes of at least 4 members (excludes halogenated alkanes) is 4. The van der Waals surface area contributed by atoms with Gasteiger partial charge in [-0.1, -0.05) is 58.3 Å². The summed E-state index contributed by atoms with van der Waals surface area (Å²) < 4.78 is 0. The molecule has 0 saturated carbocycles. The van der Waals surface area contributed by atoms with Crippen LogP contribution in [0.15, 0.2) is 24.3 Å². The van der Waals surface area contributed by atoms with Gasteiger partial charge in [0, 0.05) is 0 Å². The van der Waals surface area contributed by atoms with E-state index < -0.39 is 0 Å². The molecule has 0 fully saturated rings. The maximum Gasteiger partial charge on any atom is -0.0320 e. The van der Waals surface area contributed by atoms with E-state index in [1.165, 1.54) is 56.9 Å². The molecule has 118 valence electrons. The standard InChI is InChI=1S/C20H38/c1-17(2)14-12-10-8-7-9-11-13-15-20(19(5)6)16-18(3)4/h11,13,18-20H,1,7-10,12,14-16H2,2-6H3/b13-11+. The van der Waals surface area contributed by atoms with Crippen LogP contribution in [0.3, 0.4) is 0 Å². The van der Waals surface area contributed by atoms with Gasteiger partial charge in [-0.2, -0.15) is 0 Å². The van der Waals surface area contributed by atoms with Crippen molar-refractivity contribution in [3.63, 3.8) is 0 Å². The number of rotatable bonds is 12. The smallest absolute Gasteiger partial charge is 0.0320 e. The highest BCUT2D eigenvalue weighted by Crippen LogP contribution is 2.24. The van der Waals surface area contributed by atoms with Gasteiger partial charge in [-0.05, 0) is 63.2 Å². The highest BCUT2D eigenvalue weighted by molar-refractivity contribution is 4.87. The minimum Gasteiger partial charge on any atom is -0.100 e. The van der Waals surface area contributed by atoms with E-state index in [-0.39, 0.29) is 0 Å². The van der Waals surface area contributed by atoms with Crippen molar-refractivity contribution in [1.29, 1.82) is 0 Å². The van der Waals surface area contributed by atoms with E-state index in [1.807, 2.05) is 0 Å². The van der Waals surface area contributed by atoms with E-state index in [4.69, 9.17) is 0 Å². The molecule has 0 radical (unpaired) electrons. The minimum atomic E-state index is 0.809. The fraction of sp³-hybridized carbons (Fsp3) is 0.800. The molecule has 0 aromatic carbocycles. The van der Waals surface area contributed by atoms with Crippen molar-refractivity contribution in [2.45, 2.75) is 86.0 Å². The SMILES string of the molecule is C=C(C)CCCCCC/C=C/CC(CC(C)C)C(C)C. The molecule has 0 bridgehead atoms. The molecule has 0 heteroatoms. The van der Waals surface area contributed by atoms with E-state index in [2.05, 4.69) is 53.3 Å². The molecule has 0 saturated heterocycles. The molecular weight excluding hydrogens is 240 g/mol. The van der Waals surface area contributed by atoms with Gasteiger partial charge < -0.3 is 0 Å². The van der Waals surface area contributed by atoms with E-state index >= 15 is 0 Å². The summed E-state index contributed by atoms with van der Waals surface area (Å²) in [6.07, 6.45) is 15.4. The normalized spacial score (nSPS) is 13.6. The zero-order valence-corrected chi connectivity index (χ0v) is 14.8. The Hall–Kier alpha value is -0.520. The van der Waals surface area contributed by atoms with Crippen LogP contribution in [0.5, 0.6) is 0 Å². The molecule has 1 atom stereocenters. The Morgan fingerprint density at radius 3 is 2.15 bits per heavy atom. The second-order valence-electron chi connectivity index (χ2n) is 7.25. The maximum absolute atomic E-state index is 3.95. The molecule has 0 aliphatic heterocycles. The van der Waals surface area contributed by atoms with Gasteiger partial charge in [0.25, 0.3) is 0 Å². The molecule has 0 heterocycles. The lowest BCUT2D eigenvalue weighted by Gasteiger charge is -2.21. The summed E-state index contributed by atoms with van der Waals surface area (Å²) in [6.45, 7) is 15.5. The minimum absolute atomic E-state index is 0.809. The molecule has 20 heavy (non-hydrogen) atoms. The fourth-order valence-corrected chi connectivity index (χ4v) is 2.68. The number of hydrogen-bond donors (Lipinski definition) is 0. The first-order valence-electron chi connectivity index (χ1n) is 8.72. The Labute approximate surface area is 128 Å². The summed E-state index contributed by atoms with van der Waals surface area (Å²) in [6, 6.07) is 0. The van der Waals surface area contributed by atoms with E-state index in [0.717, 1.165) is 17.8 Å². The topological polar surface area (TPSA) is 0 Å². The molecule has 1 unspecified atom stereocenters. The first-order chi connectivity index (χ1) is 9.43. The van der Waals surface area contributed by atoms with Gasteiger partial charge in [0.2, 0.25) is 0 Å². The molecule has 0 spiro atoms. The lowest BCUT2D eigenvalue weighted by atomic mass is 9.85. The van der Waals surface area contributed by atoms with Gasteiger partial charge in [0.15, 0.2) is 0 Å². The summed E-state index contributed by atoms with van der Waals surface area (Å²) in [5.41, 5.74) is 1.33. The third-order valence-electron chi connectivity index (χ3n) is 4.05. The van der Waals surface area contributed by atoms with Crippen molar-refractivity contribution in [2.75, 3.05) is 0 Å². The lowest BCUT2D eigenvalue weighted by Crippen LogP contribution is -2.10. The average Bonchev–Trinajstić information content (AvgIpc) is 2.34. The highest BCUT2D eigenvalue weighted by Gasteiger charge is 2.13. The summed E-state index contributed by atoms with van der Waals surface area (Å²) >= 11 is 0. The van der Waals surface area contributed by atoms with Gasteiger partial charge in [0.1, 0.15) is 0 Å². The quantitative estimate of drug-likeness (QED) is 0.262. The van der Waals surface area contributed by atoms with Crippen molar-refractivity contribution in [3.05, 3.63) is 24.3 Å². The van der Waals surface area contributed by atoms with Crippen LogP contribution in [0, 0.1) is 17.8 Å². The monoisotopic (exact) mass is 278 g/mol.